The van der Waals surface area contributed by atoms with Gasteiger partial charge in [-0.1, -0.05) is 18.9 Å². The predicted octanol–water partition coefficient (Wildman–Crippen LogP) is 2.88. The van der Waals surface area contributed by atoms with Gasteiger partial charge in [0.25, 0.3) is 11.8 Å². The molecule has 2 amide bonds. The average molecular weight is 334 g/mol. The number of hydrogen-bond donors (Lipinski definition) is 2. The van der Waals surface area contributed by atoms with Gasteiger partial charge in [-0.05, 0) is 37.1 Å². The summed E-state index contributed by atoms with van der Waals surface area (Å²) in [5.74, 6) is -0.585. The lowest BCUT2D eigenvalue weighted by atomic mass is 10.1. The van der Waals surface area contributed by atoms with Crippen LogP contribution in [0.5, 0.6) is 0 Å². The number of carbonyl (C=O) groups excluding carboxylic acids is 2. The van der Waals surface area contributed by atoms with E-state index in [1.165, 1.54) is 18.5 Å². The van der Waals surface area contributed by atoms with Gasteiger partial charge in [0.15, 0.2) is 0 Å². The molecule has 126 valence electrons. The zero-order chi connectivity index (χ0) is 17.6. The molecule has 0 bridgehead atoms. The van der Waals surface area contributed by atoms with Gasteiger partial charge in [-0.15, -0.1) is 0 Å². The van der Waals surface area contributed by atoms with Crippen molar-refractivity contribution >= 4 is 17.5 Å². The first-order valence-electron chi connectivity index (χ1n) is 8.23. The number of anilines is 1. The number of pyridine rings is 1. The van der Waals surface area contributed by atoms with E-state index >= 15 is 0 Å². The quantitative estimate of drug-likeness (QED) is 0.899. The molecule has 1 aromatic heterocycles. The molecule has 0 unspecified atom stereocenters. The summed E-state index contributed by atoms with van der Waals surface area (Å²) in [5, 5.41) is 14.6. The number of aromatic nitrogens is 1. The summed E-state index contributed by atoms with van der Waals surface area (Å²) in [6.45, 7) is 0. The van der Waals surface area contributed by atoms with Crippen LogP contribution in [0.2, 0.25) is 0 Å². The van der Waals surface area contributed by atoms with E-state index in [-0.39, 0.29) is 17.9 Å². The Morgan fingerprint density at radius 2 is 1.80 bits per heavy atom. The Bertz CT molecular complexity index is 835. The number of nitrogens with one attached hydrogen (secondary N) is 2. The first kappa shape index (κ1) is 16.7. The van der Waals surface area contributed by atoms with Crippen LogP contribution < -0.4 is 10.6 Å². The molecule has 0 spiro atoms. The number of carbonyl (C=O) groups is 2. The molecule has 0 atom stereocenters. The predicted molar refractivity (Wildman–Crippen MR) is 93.1 cm³/mol. The lowest BCUT2D eigenvalue weighted by molar-refractivity contribution is 0.0937. The number of amides is 2. The highest BCUT2D eigenvalue weighted by Crippen LogP contribution is 2.18. The number of benzene rings is 1. The fourth-order valence-corrected chi connectivity index (χ4v) is 2.90. The molecule has 2 N–H and O–H groups in total. The molecule has 1 saturated carbocycles. The minimum Gasteiger partial charge on any atom is -0.349 e. The first-order chi connectivity index (χ1) is 12.2. The van der Waals surface area contributed by atoms with E-state index in [0.717, 1.165) is 25.7 Å². The summed E-state index contributed by atoms with van der Waals surface area (Å²) in [6.07, 6.45) is 7.12. The van der Waals surface area contributed by atoms with Crippen molar-refractivity contribution in [2.45, 2.75) is 31.7 Å². The van der Waals surface area contributed by atoms with Crippen LogP contribution >= 0.6 is 0 Å². The molecule has 1 aliphatic rings. The number of rotatable bonds is 4. The van der Waals surface area contributed by atoms with E-state index in [9.17, 15) is 9.59 Å². The van der Waals surface area contributed by atoms with Crippen LogP contribution in [0.25, 0.3) is 0 Å². The van der Waals surface area contributed by atoms with Crippen LogP contribution in [0, 0.1) is 11.3 Å². The van der Waals surface area contributed by atoms with E-state index in [0.29, 0.717) is 22.4 Å². The molecular weight excluding hydrogens is 316 g/mol. The minimum absolute atomic E-state index is 0.207. The van der Waals surface area contributed by atoms with E-state index in [4.69, 9.17) is 5.26 Å². The van der Waals surface area contributed by atoms with Crippen molar-refractivity contribution < 1.29 is 9.59 Å². The number of nitriles is 1. The summed E-state index contributed by atoms with van der Waals surface area (Å²) in [4.78, 5) is 28.7. The fraction of sp³-hybridized carbons (Fsp3) is 0.263. The minimum atomic E-state index is -0.377. The monoisotopic (exact) mass is 334 g/mol. The van der Waals surface area contributed by atoms with Crippen molar-refractivity contribution in [1.82, 2.24) is 10.3 Å². The van der Waals surface area contributed by atoms with Crippen molar-refractivity contribution in [2.75, 3.05) is 5.32 Å². The molecule has 0 aliphatic heterocycles. The first-order valence-corrected chi connectivity index (χ1v) is 8.23. The van der Waals surface area contributed by atoms with Gasteiger partial charge in [-0.2, -0.15) is 5.26 Å². The van der Waals surface area contributed by atoms with Crippen LogP contribution in [0.3, 0.4) is 0 Å². The third-order valence-corrected chi connectivity index (χ3v) is 4.20. The van der Waals surface area contributed by atoms with Gasteiger partial charge in [0, 0.05) is 24.1 Å². The summed E-state index contributed by atoms with van der Waals surface area (Å²) in [7, 11) is 0. The smallest absolute Gasteiger partial charge is 0.257 e. The van der Waals surface area contributed by atoms with Crippen molar-refractivity contribution in [3.05, 3.63) is 59.4 Å². The molecule has 3 rings (SSSR count). The van der Waals surface area contributed by atoms with E-state index in [1.807, 2.05) is 6.07 Å². The fourth-order valence-electron chi connectivity index (χ4n) is 2.90. The van der Waals surface area contributed by atoms with E-state index in [1.54, 1.807) is 24.3 Å². The summed E-state index contributed by atoms with van der Waals surface area (Å²) in [6, 6.07) is 10.4. The second kappa shape index (κ2) is 7.58. The van der Waals surface area contributed by atoms with Crippen LogP contribution in [0.1, 0.15) is 52.0 Å². The second-order valence-electron chi connectivity index (χ2n) is 6.06. The van der Waals surface area contributed by atoms with Crippen LogP contribution in [-0.4, -0.2) is 22.8 Å². The summed E-state index contributed by atoms with van der Waals surface area (Å²) in [5.41, 5.74) is 1.64. The molecule has 25 heavy (non-hydrogen) atoms. The molecule has 1 aliphatic carbocycles. The Balaban J connectivity index is 1.70. The van der Waals surface area contributed by atoms with Gasteiger partial charge in [-0.25, -0.2) is 0 Å². The highest BCUT2D eigenvalue weighted by atomic mass is 16.2. The third kappa shape index (κ3) is 4.21. The molecule has 0 radical (unpaired) electrons. The zero-order valence-electron chi connectivity index (χ0n) is 13.7. The van der Waals surface area contributed by atoms with E-state index < -0.39 is 0 Å². The standard InChI is InChI=1S/C19H18N4O2/c20-10-13-4-3-7-17(8-13)23-19(25)15-9-14(11-21-12-15)18(24)22-16-5-1-2-6-16/h3-4,7-9,11-12,16H,1-2,5-6H2,(H,22,24)(H,23,25). The Kier molecular flexibility index (Phi) is 5.05. The van der Waals surface area contributed by atoms with Gasteiger partial charge >= 0.3 is 0 Å². The normalized spacial score (nSPS) is 13.9. The largest absolute Gasteiger partial charge is 0.349 e. The molecule has 1 aromatic carbocycles. The lowest BCUT2D eigenvalue weighted by Crippen LogP contribution is -2.32. The van der Waals surface area contributed by atoms with Crippen molar-refractivity contribution in [2.24, 2.45) is 0 Å². The number of hydrogen-bond acceptors (Lipinski definition) is 4. The van der Waals surface area contributed by atoms with Crippen LogP contribution in [0.4, 0.5) is 5.69 Å². The van der Waals surface area contributed by atoms with Gasteiger partial charge in [0.2, 0.25) is 0 Å². The Labute approximate surface area is 145 Å². The van der Waals surface area contributed by atoms with Crippen molar-refractivity contribution in [1.29, 1.82) is 5.26 Å². The molecule has 2 aromatic rings. The zero-order valence-corrected chi connectivity index (χ0v) is 13.7. The lowest BCUT2D eigenvalue weighted by Gasteiger charge is -2.12. The maximum absolute atomic E-state index is 12.4. The van der Waals surface area contributed by atoms with Crippen molar-refractivity contribution in [3.63, 3.8) is 0 Å². The molecule has 6 nitrogen and oxygen atoms in total. The Hall–Kier alpha value is -3.20. The Morgan fingerprint density at radius 3 is 2.52 bits per heavy atom. The van der Waals surface area contributed by atoms with Gasteiger partial charge in [0.05, 0.1) is 22.8 Å². The summed E-state index contributed by atoms with van der Waals surface area (Å²) < 4.78 is 0. The van der Waals surface area contributed by atoms with Crippen molar-refractivity contribution in [3.8, 4) is 6.07 Å². The third-order valence-electron chi connectivity index (χ3n) is 4.20. The highest BCUT2D eigenvalue weighted by Gasteiger charge is 2.19. The van der Waals surface area contributed by atoms with Gasteiger partial charge < -0.3 is 10.6 Å². The van der Waals surface area contributed by atoms with Gasteiger partial charge in [-0.3, -0.25) is 14.6 Å². The molecule has 1 heterocycles. The topological polar surface area (TPSA) is 94.9 Å². The van der Waals surface area contributed by atoms with Crippen LogP contribution in [0.15, 0.2) is 42.7 Å². The Morgan fingerprint density at radius 1 is 1.08 bits per heavy atom. The van der Waals surface area contributed by atoms with Gasteiger partial charge in [0.1, 0.15) is 0 Å². The summed E-state index contributed by atoms with van der Waals surface area (Å²) >= 11 is 0. The molecule has 0 saturated heterocycles. The highest BCUT2D eigenvalue weighted by molar-refractivity contribution is 6.05. The molecule has 6 heteroatoms. The molecule has 1 fully saturated rings. The number of nitrogens with zero attached hydrogens (tertiary/aromatic N) is 2. The van der Waals surface area contributed by atoms with Crippen LogP contribution in [-0.2, 0) is 0 Å². The molecular formula is C19H18N4O2. The van der Waals surface area contributed by atoms with E-state index in [2.05, 4.69) is 15.6 Å². The maximum atomic E-state index is 12.4. The SMILES string of the molecule is N#Cc1cccc(NC(=O)c2cncc(C(=O)NC3CCCC3)c2)c1. The maximum Gasteiger partial charge on any atom is 0.257 e. The second-order valence-corrected chi connectivity index (χ2v) is 6.06. The average Bonchev–Trinajstić information content (AvgIpc) is 3.15.